The molecule has 0 N–H and O–H groups in total. The molecule has 122 valence electrons. The van der Waals surface area contributed by atoms with Gasteiger partial charge in [-0.3, -0.25) is 4.79 Å². The average molecular weight is 367 g/mol. The maximum atomic E-state index is 13.0. The number of carbonyl (C=O) groups is 1. The first-order valence-electron chi connectivity index (χ1n) is 6.15. The Morgan fingerprint density at radius 2 is 1.65 bits per heavy atom. The van der Waals surface area contributed by atoms with Gasteiger partial charge in [-0.05, 0) is 42.5 Å². The van der Waals surface area contributed by atoms with Gasteiger partial charge in [0.2, 0.25) is 5.78 Å². The van der Waals surface area contributed by atoms with Gasteiger partial charge in [0.15, 0.2) is 0 Å². The Morgan fingerprint density at radius 1 is 1.04 bits per heavy atom. The van der Waals surface area contributed by atoms with E-state index >= 15 is 0 Å². The van der Waals surface area contributed by atoms with Crippen LogP contribution in [0.4, 0.5) is 17.6 Å². The molecule has 2 rings (SSSR count). The lowest BCUT2D eigenvalue weighted by Gasteiger charge is -2.14. The van der Waals surface area contributed by atoms with Gasteiger partial charge in [-0.2, -0.15) is 8.78 Å². The minimum absolute atomic E-state index is 0.186. The van der Waals surface area contributed by atoms with Crippen LogP contribution in [0.15, 0.2) is 42.5 Å². The van der Waals surface area contributed by atoms with E-state index in [1.54, 1.807) is 0 Å². The minimum atomic E-state index is -4.73. The lowest BCUT2D eigenvalue weighted by Crippen LogP contribution is -2.36. The average Bonchev–Trinajstić information content (AvgIpc) is 2.50. The fourth-order valence-electron chi connectivity index (χ4n) is 1.65. The van der Waals surface area contributed by atoms with Crippen LogP contribution in [0.5, 0.6) is 11.5 Å². The number of benzene rings is 2. The Bertz CT molecular complexity index is 718. The van der Waals surface area contributed by atoms with Crippen molar-refractivity contribution in [2.45, 2.75) is 12.3 Å². The molecular weight excluding hydrogens is 359 g/mol. The zero-order chi connectivity index (χ0) is 17.2. The van der Waals surface area contributed by atoms with Crippen molar-refractivity contribution >= 4 is 29.0 Å². The largest absolute Gasteiger partial charge is 0.456 e. The van der Waals surface area contributed by atoms with E-state index in [1.807, 2.05) is 0 Å². The van der Waals surface area contributed by atoms with E-state index in [0.717, 1.165) is 12.1 Å². The molecule has 0 radical (unpaired) electrons. The summed E-state index contributed by atoms with van der Waals surface area (Å²) in [5.74, 6) is -6.25. The number of alkyl halides is 4. The van der Waals surface area contributed by atoms with E-state index in [0.29, 0.717) is 5.02 Å². The fraction of sp³-hybridized carbons (Fsp3) is 0.133. The molecule has 0 aliphatic rings. The van der Waals surface area contributed by atoms with Gasteiger partial charge in [0.1, 0.15) is 11.5 Å². The summed E-state index contributed by atoms with van der Waals surface area (Å²) in [5, 5.41) is 0.624. The second-order valence-corrected chi connectivity index (χ2v) is 5.30. The van der Waals surface area contributed by atoms with Crippen LogP contribution in [0, 0.1) is 0 Å². The Labute approximate surface area is 138 Å². The zero-order valence-electron chi connectivity index (χ0n) is 11.2. The SMILES string of the molecule is O=C(c1ccc(Oc2ccc(Cl)cc2Cl)cc1)C(F)(F)C(F)F. The van der Waals surface area contributed by atoms with Crippen LogP contribution in [-0.4, -0.2) is 18.1 Å². The summed E-state index contributed by atoms with van der Waals surface area (Å²) < 4.78 is 55.7. The van der Waals surface area contributed by atoms with Crippen molar-refractivity contribution in [3.05, 3.63) is 58.1 Å². The molecule has 0 spiro atoms. The van der Waals surface area contributed by atoms with Gasteiger partial charge in [-0.25, -0.2) is 8.78 Å². The third-order valence-electron chi connectivity index (χ3n) is 2.82. The topological polar surface area (TPSA) is 26.3 Å². The van der Waals surface area contributed by atoms with E-state index in [2.05, 4.69) is 0 Å². The summed E-state index contributed by atoms with van der Waals surface area (Å²) in [5.41, 5.74) is -0.551. The highest BCUT2D eigenvalue weighted by atomic mass is 35.5. The van der Waals surface area contributed by atoms with Crippen molar-refractivity contribution in [3.63, 3.8) is 0 Å². The molecule has 0 aromatic heterocycles. The number of ether oxygens (including phenoxy) is 1. The maximum Gasteiger partial charge on any atom is 0.368 e. The summed E-state index contributed by atoms with van der Waals surface area (Å²) >= 11 is 11.6. The normalized spacial score (nSPS) is 11.6. The van der Waals surface area contributed by atoms with Gasteiger partial charge >= 0.3 is 12.3 Å². The van der Waals surface area contributed by atoms with Crippen LogP contribution < -0.4 is 4.74 Å². The lowest BCUT2D eigenvalue weighted by molar-refractivity contribution is -0.0958. The predicted molar refractivity (Wildman–Crippen MR) is 78.3 cm³/mol. The number of carbonyl (C=O) groups excluding carboxylic acids is 1. The molecule has 0 aliphatic heterocycles. The summed E-state index contributed by atoms with van der Waals surface area (Å²) in [4.78, 5) is 11.4. The van der Waals surface area contributed by atoms with E-state index in [1.165, 1.54) is 30.3 Å². The highest BCUT2D eigenvalue weighted by molar-refractivity contribution is 6.35. The van der Waals surface area contributed by atoms with Crippen LogP contribution in [0.2, 0.25) is 10.0 Å². The van der Waals surface area contributed by atoms with Gasteiger partial charge in [0, 0.05) is 10.6 Å². The van der Waals surface area contributed by atoms with E-state index in [-0.39, 0.29) is 16.5 Å². The molecule has 0 amide bonds. The Hall–Kier alpha value is -1.79. The quantitative estimate of drug-likeness (QED) is 0.488. The predicted octanol–water partition coefficient (Wildman–Crippen LogP) is 5.87. The Kier molecular flexibility index (Phi) is 5.16. The molecule has 0 aliphatic carbocycles. The molecule has 0 bridgehead atoms. The molecule has 0 saturated heterocycles. The second-order valence-electron chi connectivity index (χ2n) is 4.45. The van der Waals surface area contributed by atoms with Crippen molar-refractivity contribution in [3.8, 4) is 11.5 Å². The number of Topliss-reactive ketones (excluding diaryl/α,β-unsaturated/α-hetero) is 1. The summed E-state index contributed by atoms with van der Waals surface area (Å²) in [6.45, 7) is 0. The van der Waals surface area contributed by atoms with Crippen LogP contribution in [-0.2, 0) is 0 Å². The minimum Gasteiger partial charge on any atom is -0.456 e. The molecule has 2 aromatic rings. The highest BCUT2D eigenvalue weighted by Gasteiger charge is 2.48. The summed E-state index contributed by atoms with van der Waals surface area (Å²) in [7, 11) is 0. The summed E-state index contributed by atoms with van der Waals surface area (Å²) in [6, 6.07) is 8.80. The fourth-order valence-corrected chi connectivity index (χ4v) is 2.10. The number of ketones is 1. The third-order valence-corrected chi connectivity index (χ3v) is 3.35. The molecule has 0 fully saturated rings. The highest BCUT2D eigenvalue weighted by Crippen LogP contribution is 2.32. The number of rotatable bonds is 5. The van der Waals surface area contributed by atoms with Gasteiger partial charge < -0.3 is 4.74 Å². The van der Waals surface area contributed by atoms with Crippen molar-refractivity contribution in [1.29, 1.82) is 0 Å². The number of hydrogen-bond donors (Lipinski definition) is 0. The number of hydrogen-bond acceptors (Lipinski definition) is 2. The van der Waals surface area contributed by atoms with Crippen LogP contribution in [0.25, 0.3) is 0 Å². The Morgan fingerprint density at radius 3 is 2.17 bits per heavy atom. The van der Waals surface area contributed by atoms with Gasteiger partial charge in [0.25, 0.3) is 0 Å². The van der Waals surface area contributed by atoms with Crippen molar-refractivity contribution in [2.24, 2.45) is 0 Å². The third kappa shape index (κ3) is 3.95. The first-order valence-corrected chi connectivity index (χ1v) is 6.91. The van der Waals surface area contributed by atoms with E-state index in [4.69, 9.17) is 27.9 Å². The molecular formula is C15H8Cl2F4O2. The van der Waals surface area contributed by atoms with Crippen molar-refractivity contribution in [2.75, 3.05) is 0 Å². The zero-order valence-corrected chi connectivity index (χ0v) is 12.7. The molecule has 0 atom stereocenters. The van der Waals surface area contributed by atoms with Gasteiger partial charge in [0.05, 0.1) is 5.02 Å². The van der Waals surface area contributed by atoms with E-state index in [9.17, 15) is 22.4 Å². The van der Waals surface area contributed by atoms with Crippen molar-refractivity contribution < 1.29 is 27.1 Å². The first kappa shape index (κ1) is 17.6. The first-order chi connectivity index (χ1) is 10.7. The molecule has 23 heavy (non-hydrogen) atoms. The number of halogens is 6. The summed E-state index contributed by atoms with van der Waals surface area (Å²) in [6.07, 6.45) is -4.07. The van der Waals surface area contributed by atoms with Gasteiger partial charge in [-0.15, -0.1) is 0 Å². The standard InChI is InChI=1S/C15H8Cl2F4O2/c16-9-3-6-12(11(17)7-9)23-10-4-1-8(2-5-10)13(22)15(20,21)14(18)19/h1-7,14H. The maximum absolute atomic E-state index is 13.0. The molecule has 0 unspecified atom stereocenters. The molecule has 0 heterocycles. The Balaban J connectivity index is 2.18. The van der Waals surface area contributed by atoms with Crippen LogP contribution in [0.3, 0.4) is 0 Å². The lowest BCUT2D eigenvalue weighted by atomic mass is 10.1. The van der Waals surface area contributed by atoms with Crippen LogP contribution in [0.1, 0.15) is 10.4 Å². The smallest absolute Gasteiger partial charge is 0.368 e. The van der Waals surface area contributed by atoms with Gasteiger partial charge in [-0.1, -0.05) is 23.2 Å². The molecule has 0 saturated carbocycles. The molecule has 2 nitrogen and oxygen atoms in total. The second kappa shape index (κ2) is 6.76. The van der Waals surface area contributed by atoms with Crippen molar-refractivity contribution in [1.82, 2.24) is 0 Å². The molecule has 8 heteroatoms. The van der Waals surface area contributed by atoms with Crippen LogP contribution >= 0.6 is 23.2 Å². The monoisotopic (exact) mass is 366 g/mol. The molecule has 2 aromatic carbocycles. The van der Waals surface area contributed by atoms with E-state index < -0.39 is 23.7 Å².